The summed E-state index contributed by atoms with van der Waals surface area (Å²) in [5, 5.41) is 10.3. The number of phenolic OH excluding ortho intramolecular Hbond substituents is 1. The molecule has 0 radical (unpaired) electrons. The van der Waals surface area contributed by atoms with E-state index < -0.39 is 11.7 Å². The highest BCUT2D eigenvalue weighted by Gasteiger charge is 2.24. The van der Waals surface area contributed by atoms with Crippen LogP contribution in [0.4, 0.5) is 4.39 Å². The normalized spacial score (nSPS) is 12.0. The summed E-state index contributed by atoms with van der Waals surface area (Å²) >= 11 is 5.94. The van der Waals surface area contributed by atoms with Crippen molar-refractivity contribution in [2.24, 2.45) is 0 Å². The van der Waals surface area contributed by atoms with Crippen LogP contribution in [-0.4, -0.2) is 23.0 Å². The molecule has 0 spiro atoms. The van der Waals surface area contributed by atoms with E-state index in [1.807, 2.05) is 6.07 Å². The Morgan fingerprint density at radius 2 is 1.95 bits per heavy atom. The first-order valence-corrected chi connectivity index (χ1v) is 6.79. The van der Waals surface area contributed by atoms with E-state index in [9.17, 15) is 14.3 Å². The molecule has 2 rings (SSSR count). The molecule has 0 saturated carbocycles. The van der Waals surface area contributed by atoms with E-state index in [0.717, 1.165) is 11.6 Å². The van der Waals surface area contributed by atoms with Crippen molar-refractivity contribution in [3.05, 3.63) is 64.4 Å². The molecule has 110 valence electrons. The number of carbonyl (C=O) groups excluding carboxylic acids is 1. The van der Waals surface area contributed by atoms with Gasteiger partial charge in [-0.2, -0.15) is 0 Å². The molecule has 1 N–H and O–H groups in total. The zero-order chi connectivity index (χ0) is 15.6. The van der Waals surface area contributed by atoms with Crippen LogP contribution in [0.25, 0.3) is 0 Å². The molecule has 21 heavy (non-hydrogen) atoms. The Morgan fingerprint density at radius 1 is 1.29 bits per heavy atom. The second-order valence-electron chi connectivity index (χ2n) is 4.78. The zero-order valence-electron chi connectivity index (χ0n) is 11.7. The van der Waals surface area contributed by atoms with Gasteiger partial charge in [-0.15, -0.1) is 0 Å². The molecule has 1 amide bonds. The van der Waals surface area contributed by atoms with Gasteiger partial charge in [0, 0.05) is 12.1 Å². The van der Waals surface area contributed by atoms with Gasteiger partial charge >= 0.3 is 0 Å². The number of carbonyl (C=O) groups is 1. The fourth-order valence-electron chi connectivity index (χ4n) is 2.07. The standard InChI is InChI=1S/C16H15ClFNO2/c1-10(11-5-3-6-12(17)9-11)19(2)16(21)15-13(18)7-4-8-14(15)20/h3-10,20H,1-2H3. The minimum absolute atomic E-state index is 0.310. The van der Waals surface area contributed by atoms with E-state index in [1.54, 1.807) is 32.2 Å². The molecular weight excluding hydrogens is 293 g/mol. The Labute approximate surface area is 127 Å². The summed E-state index contributed by atoms with van der Waals surface area (Å²) in [5.74, 6) is -1.70. The topological polar surface area (TPSA) is 40.5 Å². The average molecular weight is 308 g/mol. The SMILES string of the molecule is CC(c1cccc(Cl)c1)N(C)C(=O)c1c(O)cccc1F. The predicted molar refractivity (Wildman–Crippen MR) is 80.0 cm³/mol. The molecular formula is C16H15ClFNO2. The van der Waals surface area contributed by atoms with Crippen LogP contribution in [0.5, 0.6) is 5.75 Å². The molecule has 0 fully saturated rings. The van der Waals surface area contributed by atoms with Crippen molar-refractivity contribution in [2.45, 2.75) is 13.0 Å². The summed E-state index contributed by atoms with van der Waals surface area (Å²) in [5.41, 5.74) is 0.503. The van der Waals surface area contributed by atoms with Gasteiger partial charge in [0.25, 0.3) is 5.91 Å². The molecule has 0 aromatic heterocycles. The van der Waals surface area contributed by atoms with Crippen molar-refractivity contribution < 1.29 is 14.3 Å². The van der Waals surface area contributed by atoms with E-state index >= 15 is 0 Å². The molecule has 0 saturated heterocycles. The van der Waals surface area contributed by atoms with Gasteiger partial charge in [0.05, 0.1) is 6.04 Å². The van der Waals surface area contributed by atoms with Gasteiger partial charge in [0.15, 0.2) is 0 Å². The third-order valence-corrected chi connectivity index (χ3v) is 3.67. The first-order valence-electron chi connectivity index (χ1n) is 6.42. The van der Waals surface area contributed by atoms with Crippen LogP contribution in [0.3, 0.4) is 0 Å². The molecule has 0 aliphatic rings. The van der Waals surface area contributed by atoms with Gasteiger partial charge in [-0.1, -0.05) is 29.8 Å². The van der Waals surface area contributed by atoms with Crippen molar-refractivity contribution in [3.63, 3.8) is 0 Å². The predicted octanol–water partition coefficient (Wildman–Crippen LogP) is 4.02. The van der Waals surface area contributed by atoms with E-state index in [1.165, 1.54) is 17.0 Å². The molecule has 5 heteroatoms. The van der Waals surface area contributed by atoms with Crippen LogP contribution in [0, 0.1) is 5.82 Å². The maximum absolute atomic E-state index is 13.8. The van der Waals surface area contributed by atoms with Crippen LogP contribution in [-0.2, 0) is 0 Å². The highest BCUT2D eigenvalue weighted by molar-refractivity contribution is 6.30. The van der Waals surface area contributed by atoms with Crippen LogP contribution < -0.4 is 0 Å². The maximum Gasteiger partial charge on any atom is 0.260 e. The van der Waals surface area contributed by atoms with Crippen LogP contribution in [0.1, 0.15) is 28.9 Å². The van der Waals surface area contributed by atoms with Crippen molar-refractivity contribution >= 4 is 17.5 Å². The number of halogens is 2. The summed E-state index contributed by atoms with van der Waals surface area (Å²) in [6, 6.07) is 10.6. The zero-order valence-corrected chi connectivity index (χ0v) is 12.4. The first kappa shape index (κ1) is 15.3. The lowest BCUT2D eigenvalue weighted by Gasteiger charge is -2.26. The monoisotopic (exact) mass is 307 g/mol. The lowest BCUT2D eigenvalue weighted by Crippen LogP contribution is -2.30. The Morgan fingerprint density at radius 3 is 2.57 bits per heavy atom. The molecule has 1 unspecified atom stereocenters. The summed E-state index contributed by atoms with van der Waals surface area (Å²) in [6.07, 6.45) is 0. The van der Waals surface area contributed by atoms with Crippen molar-refractivity contribution in [1.29, 1.82) is 0 Å². The molecule has 2 aromatic rings. The fourth-order valence-corrected chi connectivity index (χ4v) is 2.27. The Hall–Kier alpha value is -2.07. The van der Waals surface area contributed by atoms with Gasteiger partial charge in [-0.05, 0) is 36.8 Å². The second kappa shape index (κ2) is 6.14. The smallest absolute Gasteiger partial charge is 0.260 e. The average Bonchev–Trinajstić information content (AvgIpc) is 2.45. The lowest BCUT2D eigenvalue weighted by atomic mass is 10.1. The lowest BCUT2D eigenvalue weighted by molar-refractivity contribution is 0.0734. The number of hydrogen-bond donors (Lipinski definition) is 1. The first-order chi connectivity index (χ1) is 9.91. The van der Waals surface area contributed by atoms with Gasteiger partial charge in [0.2, 0.25) is 0 Å². The fraction of sp³-hybridized carbons (Fsp3) is 0.188. The third-order valence-electron chi connectivity index (χ3n) is 3.44. The van der Waals surface area contributed by atoms with Crippen LogP contribution >= 0.6 is 11.6 Å². The number of phenols is 1. The Bertz CT molecular complexity index is 655. The quantitative estimate of drug-likeness (QED) is 0.930. The summed E-state index contributed by atoms with van der Waals surface area (Å²) < 4.78 is 13.8. The molecule has 0 bridgehead atoms. The van der Waals surface area contributed by atoms with Crippen molar-refractivity contribution in [3.8, 4) is 5.75 Å². The molecule has 0 heterocycles. The highest BCUT2D eigenvalue weighted by Crippen LogP contribution is 2.27. The van der Waals surface area contributed by atoms with Crippen LogP contribution in [0.15, 0.2) is 42.5 Å². The minimum Gasteiger partial charge on any atom is -0.507 e. The molecule has 1 atom stereocenters. The number of amides is 1. The van der Waals surface area contributed by atoms with Crippen LogP contribution in [0.2, 0.25) is 5.02 Å². The molecule has 0 aliphatic carbocycles. The summed E-state index contributed by atoms with van der Waals surface area (Å²) in [6.45, 7) is 1.81. The van der Waals surface area contributed by atoms with E-state index in [4.69, 9.17) is 11.6 Å². The Balaban J connectivity index is 2.31. The largest absolute Gasteiger partial charge is 0.507 e. The second-order valence-corrected chi connectivity index (χ2v) is 5.22. The number of hydrogen-bond acceptors (Lipinski definition) is 2. The van der Waals surface area contributed by atoms with Gasteiger partial charge in [0.1, 0.15) is 17.1 Å². The van der Waals surface area contributed by atoms with Gasteiger partial charge in [-0.3, -0.25) is 4.79 Å². The summed E-state index contributed by atoms with van der Waals surface area (Å²) in [4.78, 5) is 13.7. The van der Waals surface area contributed by atoms with Crippen molar-refractivity contribution in [2.75, 3.05) is 7.05 Å². The third kappa shape index (κ3) is 3.16. The highest BCUT2D eigenvalue weighted by atomic mass is 35.5. The molecule has 3 nitrogen and oxygen atoms in total. The number of nitrogens with zero attached hydrogens (tertiary/aromatic N) is 1. The number of benzene rings is 2. The molecule has 0 aliphatic heterocycles. The maximum atomic E-state index is 13.8. The minimum atomic E-state index is -0.745. The van der Waals surface area contributed by atoms with Crippen molar-refractivity contribution in [1.82, 2.24) is 4.90 Å². The number of aromatic hydroxyl groups is 1. The van der Waals surface area contributed by atoms with Gasteiger partial charge < -0.3 is 10.0 Å². The Kier molecular flexibility index (Phi) is 4.48. The summed E-state index contributed by atoms with van der Waals surface area (Å²) in [7, 11) is 1.56. The van der Waals surface area contributed by atoms with E-state index in [0.29, 0.717) is 5.02 Å². The van der Waals surface area contributed by atoms with Gasteiger partial charge in [-0.25, -0.2) is 4.39 Å². The van der Waals surface area contributed by atoms with E-state index in [2.05, 4.69) is 0 Å². The number of rotatable bonds is 3. The molecule has 2 aromatic carbocycles. The van der Waals surface area contributed by atoms with E-state index in [-0.39, 0.29) is 17.4 Å².